The average molecular weight is 247 g/mol. The van der Waals surface area contributed by atoms with E-state index >= 15 is 0 Å². The van der Waals surface area contributed by atoms with Gasteiger partial charge in [-0.25, -0.2) is 0 Å². The van der Waals surface area contributed by atoms with Crippen LogP contribution in [0.25, 0.3) is 11.0 Å². The largest absolute Gasteiger partial charge is 0.428 e. The number of benzene rings is 1. The van der Waals surface area contributed by atoms with Gasteiger partial charge < -0.3 is 5.21 Å². The molecule has 1 aromatic carbocycles. The first-order chi connectivity index (χ1) is 8.34. The predicted molar refractivity (Wildman–Crippen MR) is 66.7 cm³/mol. The van der Waals surface area contributed by atoms with Crippen LogP contribution in [-0.4, -0.2) is 15.7 Å². The summed E-state index contributed by atoms with van der Waals surface area (Å²) in [6, 6.07) is 3.41. The first kappa shape index (κ1) is 12.3. The quantitative estimate of drug-likeness (QED) is 0.475. The summed E-state index contributed by atoms with van der Waals surface area (Å²) in [5.41, 5.74) is 2.80. The molecular weight excluding hydrogens is 232 g/mol. The number of carbonyl (C=O) groups excluding carboxylic acids is 1. The molecule has 2 rings (SSSR count). The minimum absolute atomic E-state index is 0.0340. The topological polar surface area (TPSA) is 65.2 Å². The van der Waals surface area contributed by atoms with Crippen molar-refractivity contribution in [2.75, 3.05) is 0 Å². The molecule has 0 aliphatic heterocycles. The number of aromatic nitrogens is 2. The summed E-state index contributed by atoms with van der Waals surface area (Å²) in [6.07, 6.45) is 0. The van der Waals surface area contributed by atoms with Crippen LogP contribution in [0.4, 0.5) is 0 Å². The third-order valence-corrected chi connectivity index (χ3v) is 3.23. The number of ketones is 1. The SMILES string of the molecule is CC(=O)c1c(C)n(O)c2cc(C)c(C)cc2[n+]1=O. The number of carbonyl (C=O) groups is 1. The number of fused-ring (bicyclic) bond motifs is 1. The normalized spacial score (nSPS) is 10.9. The van der Waals surface area contributed by atoms with Gasteiger partial charge in [0.15, 0.2) is 5.52 Å². The Hall–Kier alpha value is -2.17. The summed E-state index contributed by atoms with van der Waals surface area (Å²) in [7, 11) is 0. The fourth-order valence-corrected chi connectivity index (χ4v) is 2.06. The lowest BCUT2D eigenvalue weighted by molar-refractivity contribution is -0.468. The monoisotopic (exact) mass is 247 g/mol. The number of aryl methyl sites for hydroxylation is 2. The third kappa shape index (κ3) is 1.59. The van der Waals surface area contributed by atoms with Crippen molar-refractivity contribution in [2.24, 2.45) is 0 Å². The summed E-state index contributed by atoms with van der Waals surface area (Å²) >= 11 is 0. The molecule has 1 N–H and O–H groups in total. The van der Waals surface area contributed by atoms with E-state index in [4.69, 9.17) is 0 Å². The Bertz CT molecular complexity index is 729. The Morgan fingerprint density at radius 3 is 2.33 bits per heavy atom. The van der Waals surface area contributed by atoms with Crippen molar-refractivity contribution in [1.82, 2.24) is 4.73 Å². The van der Waals surface area contributed by atoms with Gasteiger partial charge in [0.2, 0.25) is 5.78 Å². The molecule has 5 heteroatoms. The van der Waals surface area contributed by atoms with Crippen LogP contribution in [-0.2, 0) is 0 Å². The summed E-state index contributed by atoms with van der Waals surface area (Å²) < 4.78 is 1.49. The smallest absolute Gasteiger partial charge is 0.328 e. The number of hydrogen-bond donors (Lipinski definition) is 1. The van der Waals surface area contributed by atoms with E-state index in [0.29, 0.717) is 9.94 Å². The summed E-state index contributed by atoms with van der Waals surface area (Å²) in [5.74, 6) is -0.370. The molecule has 18 heavy (non-hydrogen) atoms. The van der Waals surface area contributed by atoms with Crippen molar-refractivity contribution < 1.29 is 14.4 Å². The second kappa shape index (κ2) is 3.94. The van der Waals surface area contributed by atoms with E-state index < -0.39 is 0 Å². The van der Waals surface area contributed by atoms with Gasteiger partial charge in [-0.3, -0.25) is 4.79 Å². The van der Waals surface area contributed by atoms with Crippen molar-refractivity contribution in [3.8, 4) is 0 Å². The van der Waals surface area contributed by atoms with Crippen molar-refractivity contribution in [2.45, 2.75) is 27.7 Å². The lowest BCUT2D eigenvalue weighted by Gasteiger charge is -2.06. The Labute approximate surface area is 104 Å². The number of rotatable bonds is 1. The highest BCUT2D eigenvalue weighted by Gasteiger charge is 2.26. The zero-order valence-electron chi connectivity index (χ0n) is 10.8. The standard InChI is InChI=1S/C13H15N2O3/c1-7-5-11-12(6-8(7)2)15(18)13(10(4)16)9(3)14(11)17/h5-6,17H,1-4H3/q+1. The zero-order chi connectivity index (χ0) is 13.6. The summed E-state index contributed by atoms with van der Waals surface area (Å²) in [4.78, 5) is 23.7. The van der Waals surface area contributed by atoms with E-state index in [1.807, 2.05) is 13.8 Å². The predicted octanol–water partition coefficient (Wildman–Crippen LogP) is 1.92. The molecular formula is C13H15N2O3+. The van der Waals surface area contributed by atoms with E-state index in [2.05, 4.69) is 0 Å². The van der Waals surface area contributed by atoms with Crippen molar-refractivity contribution in [1.29, 1.82) is 0 Å². The molecule has 0 amide bonds. The van der Waals surface area contributed by atoms with Crippen LogP contribution in [0.2, 0.25) is 0 Å². The number of nitrogens with zero attached hydrogens (tertiary/aromatic N) is 2. The molecule has 0 aliphatic carbocycles. The van der Waals surface area contributed by atoms with Crippen molar-refractivity contribution >= 4 is 16.8 Å². The molecule has 0 bridgehead atoms. The van der Waals surface area contributed by atoms with Gasteiger partial charge in [-0.15, -0.1) is 0 Å². The highest BCUT2D eigenvalue weighted by Crippen LogP contribution is 2.18. The lowest BCUT2D eigenvalue weighted by atomic mass is 10.1. The molecule has 0 aliphatic rings. The second-order valence-electron chi connectivity index (χ2n) is 4.52. The van der Waals surface area contributed by atoms with E-state index in [0.717, 1.165) is 15.9 Å². The highest BCUT2D eigenvalue weighted by molar-refractivity contribution is 5.92. The zero-order valence-corrected chi connectivity index (χ0v) is 10.8. The van der Waals surface area contributed by atoms with Crippen LogP contribution < -0.4 is 4.43 Å². The van der Waals surface area contributed by atoms with Gasteiger partial charge in [0.1, 0.15) is 5.69 Å². The summed E-state index contributed by atoms with van der Waals surface area (Å²) in [5, 5.41) is 10.0. The van der Waals surface area contributed by atoms with Gasteiger partial charge in [0, 0.05) is 17.9 Å². The maximum absolute atomic E-state index is 12.2. The molecule has 0 saturated carbocycles. The highest BCUT2D eigenvalue weighted by atomic mass is 16.5. The lowest BCUT2D eigenvalue weighted by Crippen LogP contribution is -2.30. The Balaban J connectivity index is 3.08. The van der Waals surface area contributed by atoms with Crippen molar-refractivity contribution in [3.63, 3.8) is 0 Å². The number of hydrogen-bond acceptors (Lipinski definition) is 3. The molecule has 0 spiro atoms. The molecule has 1 heterocycles. The Morgan fingerprint density at radius 1 is 1.22 bits per heavy atom. The van der Waals surface area contributed by atoms with Gasteiger partial charge in [0.25, 0.3) is 5.52 Å². The Morgan fingerprint density at radius 2 is 1.78 bits per heavy atom. The van der Waals surface area contributed by atoms with Crippen LogP contribution in [0.5, 0.6) is 0 Å². The van der Waals surface area contributed by atoms with Gasteiger partial charge in [-0.1, -0.05) is 0 Å². The van der Waals surface area contributed by atoms with E-state index in [1.165, 1.54) is 6.92 Å². The van der Waals surface area contributed by atoms with E-state index in [-0.39, 0.29) is 22.7 Å². The molecule has 0 radical (unpaired) electrons. The fraction of sp³-hybridized carbons (Fsp3) is 0.308. The molecule has 0 unspecified atom stereocenters. The van der Waals surface area contributed by atoms with Gasteiger partial charge in [-0.05, 0) is 38.0 Å². The first-order valence-electron chi connectivity index (χ1n) is 5.64. The van der Waals surface area contributed by atoms with Gasteiger partial charge in [-0.2, -0.15) is 4.73 Å². The second-order valence-corrected chi connectivity index (χ2v) is 4.52. The van der Waals surface area contributed by atoms with Crippen LogP contribution in [0.15, 0.2) is 12.1 Å². The molecule has 1 aromatic heterocycles. The third-order valence-electron chi connectivity index (χ3n) is 3.23. The van der Waals surface area contributed by atoms with Crippen LogP contribution >= 0.6 is 0 Å². The minimum Gasteiger partial charge on any atom is -0.428 e. The molecule has 0 atom stereocenters. The molecule has 2 aromatic rings. The molecule has 5 nitrogen and oxygen atoms in total. The van der Waals surface area contributed by atoms with E-state index in [9.17, 15) is 14.9 Å². The molecule has 0 saturated heterocycles. The van der Waals surface area contributed by atoms with Crippen molar-refractivity contribution in [3.05, 3.63) is 39.6 Å². The molecule has 94 valence electrons. The fourth-order valence-electron chi connectivity index (χ4n) is 2.06. The van der Waals surface area contributed by atoms with Gasteiger partial charge in [0.05, 0.1) is 4.43 Å². The van der Waals surface area contributed by atoms with Crippen LogP contribution in [0.3, 0.4) is 0 Å². The molecule has 0 fully saturated rings. The number of Topliss-reactive ketones (excluding diaryl/α,β-unsaturated/α-hetero) is 1. The van der Waals surface area contributed by atoms with Crippen LogP contribution in [0, 0.1) is 25.7 Å². The minimum atomic E-state index is -0.370. The maximum Gasteiger partial charge on any atom is 0.328 e. The maximum atomic E-state index is 12.2. The Kier molecular flexibility index (Phi) is 2.69. The average Bonchev–Trinajstić information content (AvgIpc) is 2.29. The summed E-state index contributed by atoms with van der Waals surface area (Å²) in [6.45, 7) is 6.63. The van der Waals surface area contributed by atoms with Gasteiger partial charge >= 0.3 is 5.69 Å². The van der Waals surface area contributed by atoms with Crippen LogP contribution in [0.1, 0.15) is 34.2 Å². The van der Waals surface area contributed by atoms with E-state index in [1.54, 1.807) is 19.1 Å². The first-order valence-corrected chi connectivity index (χ1v) is 5.64.